The zero-order valence-electron chi connectivity index (χ0n) is 14.0. The molecule has 0 amide bonds. The van der Waals surface area contributed by atoms with Crippen molar-refractivity contribution in [2.45, 2.75) is 77.2 Å². The lowest BCUT2D eigenvalue weighted by Crippen LogP contribution is -3.00. The zero-order valence-corrected chi connectivity index (χ0v) is 14.8. The topological polar surface area (TPSA) is 12.5 Å². The molecule has 1 saturated heterocycles. The maximum atomic E-state index is 5.33. The number of epoxide rings is 1. The van der Waals surface area contributed by atoms with Crippen molar-refractivity contribution in [2.24, 2.45) is 0 Å². The smallest absolute Gasteiger partial charge is 0.130 e. The Morgan fingerprint density at radius 1 is 0.850 bits per heavy atom. The second kappa shape index (κ2) is 11.8. The fraction of sp³-hybridized carbons (Fsp3) is 1.00. The number of hydrogen-bond acceptors (Lipinski definition) is 1. The van der Waals surface area contributed by atoms with Crippen molar-refractivity contribution in [3.05, 3.63) is 0 Å². The summed E-state index contributed by atoms with van der Waals surface area (Å²) >= 11 is 0. The van der Waals surface area contributed by atoms with Crippen molar-refractivity contribution in [1.82, 2.24) is 0 Å². The lowest BCUT2D eigenvalue weighted by molar-refractivity contribution is -0.891. The summed E-state index contributed by atoms with van der Waals surface area (Å²) in [6.45, 7) is 5.81. The molecule has 0 aromatic heterocycles. The van der Waals surface area contributed by atoms with Crippen LogP contribution in [0.15, 0.2) is 0 Å². The highest BCUT2D eigenvalue weighted by Crippen LogP contribution is 2.16. The molecule has 122 valence electrons. The van der Waals surface area contributed by atoms with Crippen LogP contribution in [-0.4, -0.2) is 44.4 Å². The first-order chi connectivity index (χ1) is 9.14. The van der Waals surface area contributed by atoms with Crippen LogP contribution < -0.4 is 12.4 Å². The molecule has 3 heteroatoms. The van der Waals surface area contributed by atoms with E-state index in [-0.39, 0.29) is 12.4 Å². The molecule has 0 spiro atoms. The molecule has 1 aliphatic rings. The molecule has 20 heavy (non-hydrogen) atoms. The van der Waals surface area contributed by atoms with Crippen LogP contribution in [0.5, 0.6) is 0 Å². The Labute approximate surface area is 133 Å². The third-order valence-electron chi connectivity index (χ3n) is 4.22. The molecule has 0 aromatic rings. The molecule has 1 rings (SSSR count). The first-order valence-corrected chi connectivity index (χ1v) is 8.57. The van der Waals surface area contributed by atoms with Gasteiger partial charge in [-0.2, -0.15) is 0 Å². The summed E-state index contributed by atoms with van der Waals surface area (Å²) < 4.78 is 6.47. The van der Waals surface area contributed by atoms with Gasteiger partial charge < -0.3 is 21.6 Å². The molecular weight excluding hydrogens is 270 g/mol. The minimum atomic E-state index is 0. The van der Waals surface area contributed by atoms with E-state index in [4.69, 9.17) is 4.74 Å². The van der Waals surface area contributed by atoms with Crippen molar-refractivity contribution in [2.75, 3.05) is 33.8 Å². The Morgan fingerprint density at radius 3 is 1.75 bits per heavy atom. The Hall–Kier alpha value is 0.210. The highest BCUT2D eigenvalue weighted by molar-refractivity contribution is 4.67. The van der Waals surface area contributed by atoms with Crippen molar-refractivity contribution in [1.29, 1.82) is 0 Å². The number of ether oxygens (including phenoxy) is 1. The van der Waals surface area contributed by atoms with Crippen LogP contribution in [0.25, 0.3) is 0 Å². The first-order valence-electron chi connectivity index (χ1n) is 8.57. The Morgan fingerprint density at radius 2 is 1.30 bits per heavy atom. The third-order valence-corrected chi connectivity index (χ3v) is 4.22. The second-order valence-corrected chi connectivity index (χ2v) is 6.98. The molecular formula is C17H36ClNO. The lowest BCUT2D eigenvalue weighted by atomic mass is 10.1. The highest BCUT2D eigenvalue weighted by Gasteiger charge is 2.30. The van der Waals surface area contributed by atoms with E-state index in [0.717, 1.165) is 11.1 Å². The first kappa shape index (κ1) is 20.2. The van der Waals surface area contributed by atoms with E-state index in [1.165, 1.54) is 77.3 Å². The molecule has 1 fully saturated rings. The van der Waals surface area contributed by atoms with E-state index in [1.807, 2.05) is 0 Å². The van der Waals surface area contributed by atoms with E-state index in [2.05, 4.69) is 21.0 Å². The summed E-state index contributed by atoms with van der Waals surface area (Å²) in [4.78, 5) is 0. The van der Waals surface area contributed by atoms with Crippen molar-refractivity contribution < 1.29 is 21.6 Å². The van der Waals surface area contributed by atoms with Gasteiger partial charge in [0.25, 0.3) is 0 Å². The SMILES string of the molecule is CCCCCCCCCCCC[N+](C)(C)CC1CO1.[Cl-]. The minimum absolute atomic E-state index is 0. The van der Waals surface area contributed by atoms with Gasteiger partial charge in [0.2, 0.25) is 0 Å². The predicted molar refractivity (Wildman–Crippen MR) is 83.4 cm³/mol. The highest BCUT2D eigenvalue weighted by atomic mass is 35.5. The van der Waals surface area contributed by atoms with Gasteiger partial charge in [-0.15, -0.1) is 0 Å². The van der Waals surface area contributed by atoms with Crippen LogP contribution in [0.2, 0.25) is 0 Å². The summed E-state index contributed by atoms with van der Waals surface area (Å²) in [5.41, 5.74) is 0. The number of hydrogen-bond donors (Lipinski definition) is 0. The summed E-state index contributed by atoms with van der Waals surface area (Å²) in [7, 11) is 4.69. The number of halogens is 1. The summed E-state index contributed by atoms with van der Waals surface area (Å²) in [5.74, 6) is 0. The zero-order chi connectivity index (χ0) is 14.0. The second-order valence-electron chi connectivity index (χ2n) is 6.98. The molecule has 0 bridgehead atoms. The van der Waals surface area contributed by atoms with Crippen molar-refractivity contribution in [3.63, 3.8) is 0 Å². The number of unbranched alkanes of at least 4 members (excludes halogenated alkanes) is 9. The Bertz CT molecular complexity index is 217. The number of nitrogens with zero attached hydrogens (tertiary/aromatic N) is 1. The van der Waals surface area contributed by atoms with Gasteiger partial charge in [-0.1, -0.05) is 58.3 Å². The molecule has 1 aliphatic heterocycles. The van der Waals surface area contributed by atoms with Gasteiger partial charge >= 0.3 is 0 Å². The number of likely N-dealkylation sites (N-methyl/N-ethyl adjacent to an activating group) is 1. The summed E-state index contributed by atoms with van der Waals surface area (Å²) in [6.07, 6.45) is 14.9. The average Bonchev–Trinajstić information content (AvgIpc) is 3.14. The maximum absolute atomic E-state index is 5.33. The van der Waals surface area contributed by atoms with E-state index < -0.39 is 0 Å². The van der Waals surface area contributed by atoms with E-state index in [9.17, 15) is 0 Å². The third kappa shape index (κ3) is 12.0. The van der Waals surface area contributed by atoms with Gasteiger partial charge in [-0.05, 0) is 12.8 Å². The van der Waals surface area contributed by atoms with Crippen LogP contribution >= 0.6 is 0 Å². The minimum Gasteiger partial charge on any atom is -1.00 e. The standard InChI is InChI=1S/C17H36NO.ClH/c1-4-5-6-7-8-9-10-11-12-13-14-18(2,3)15-17-16-19-17;/h17H,4-16H2,1-3H3;1H/q+1;/p-1. The van der Waals surface area contributed by atoms with Crippen LogP contribution in [0, 0.1) is 0 Å². The van der Waals surface area contributed by atoms with Gasteiger partial charge in [0.1, 0.15) is 12.6 Å². The summed E-state index contributed by atoms with van der Waals surface area (Å²) in [5, 5.41) is 0. The van der Waals surface area contributed by atoms with Gasteiger partial charge in [-0.3, -0.25) is 0 Å². The van der Waals surface area contributed by atoms with Crippen LogP contribution in [0.4, 0.5) is 0 Å². The lowest BCUT2D eigenvalue weighted by Gasteiger charge is -2.29. The monoisotopic (exact) mass is 305 g/mol. The van der Waals surface area contributed by atoms with E-state index in [1.54, 1.807) is 0 Å². The molecule has 1 atom stereocenters. The van der Waals surface area contributed by atoms with Crippen LogP contribution in [0.3, 0.4) is 0 Å². The largest absolute Gasteiger partial charge is 1.00 e. The molecule has 0 radical (unpaired) electrons. The fourth-order valence-electron chi connectivity index (χ4n) is 2.84. The van der Waals surface area contributed by atoms with Gasteiger partial charge in [0.15, 0.2) is 0 Å². The van der Waals surface area contributed by atoms with Gasteiger partial charge in [0.05, 0.1) is 27.2 Å². The predicted octanol–water partition coefficient (Wildman–Crippen LogP) is 1.39. The van der Waals surface area contributed by atoms with Crippen LogP contribution in [-0.2, 0) is 4.74 Å². The molecule has 0 saturated carbocycles. The molecule has 0 aliphatic carbocycles. The molecule has 0 N–H and O–H groups in total. The van der Waals surface area contributed by atoms with Crippen molar-refractivity contribution in [3.8, 4) is 0 Å². The Balaban J connectivity index is 0.00000361. The van der Waals surface area contributed by atoms with Crippen LogP contribution in [0.1, 0.15) is 71.1 Å². The van der Waals surface area contributed by atoms with Gasteiger partial charge in [-0.25, -0.2) is 0 Å². The molecule has 1 unspecified atom stereocenters. The Kier molecular flexibility index (Phi) is 11.9. The molecule has 2 nitrogen and oxygen atoms in total. The number of rotatable bonds is 13. The normalized spacial score (nSPS) is 17.9. The van der Waals surface area contributed by atoms with Crippen molar-refractivity contribution >= 4 is 0 Å². The molecule has 1 heterocycles. The summed E-state index contributed by atoms with van der Waals surface area (Å²) in [6, 6.07) is 0. The molecule has 0 aromatic carbocycles. The van der Waals surface area contributed by atoms with E-state index >= 15 is 0 Å². The van der Waals surface area contributed by atoms with E-state index in [0.29, 0.717) is 6.10 Å². The maximum Gasteiger partial charge on any atom is 0.130 e. The number of quaternary nitrogens is 1. The average molecular weight is 306 g/mol. The quantitative estimate of drug-likeness (QED) is 0.285. The fourth-order valence-corrected chi connectivity index (χ4v) is 2.84. The van der Waals surface area contributed by atoms with Gasteiger partial charge in [0, 0.05) is 0 Å².